The zero-order valence-corrected chi connectivity index (χ0v) is 14.4. The maximum absolute atomic E-state index is 12.8. The summed E-state index contributed by atoms with van der Waals surface area (Å²) in [5, 5.41) is 2.71. The molecule has 0 bridgehead atoms. The molecule has 2 amide bonds. The van der Waals surface area contributed by atoms with Crippen molar-refractivity contribution in [2.24, 2.45) is 5.73 Å². The number of amides is 2. The van der Waals surface area contributed by atoms with Crippen molar-refractivity contribution in [3.05, 3.63) is 58.7 Å². The Morgan fingerprint density at radius 2 is 1.84 bits per heavy atom. The Morgan fingerprint density at radius 1 is 1.12 bits per heavy atom. The highest BCUT2D eigenvalue weighted by atomic mass is 16.5. The Balaban J connectivity index is 2.46. The van der Waals surface area contributed by atoms with E-state index in [1.807, 2.05) is 0 Å². The van der Waals surface area contributed by atoms with Gasteiger partial charge >= 0.3 is 0 Å². The number of ketones is 1. The molecule has 6 heteroatoms. The number of para-hydroxylation sites is 1. The number of aryl methyl sites for hydroxylation is 1. The molecule has 25 heavy (non-hydrogen) atoms. The van der Waals surface area contributed by atoms with Crippen molar-refractivity contribution < 1.29 is 19.1 Å². The highest BCUT2D eigenvalue weighted by Gasteiger charge is 2.18. The normalized spacial score (nSPS) is 10.2. The van der Waals surface area contributed by atoms with Crippen molar-refractivity contribution in [2.75, 3.05) is 11.9 Å². The standard InChI is InChI=1S/C19H20N2O4/c1-4-25-16-9-8-13(12(3)22)10-15(16)19(24)21-17-11(2)6-5-7-14(17)18(20)23/h5-10H,4H2,1-3H3,(H2,20,23)(H,21,24). The lowest BCUT2D eigenvalue weighted by Crippen LogP contribution is -2.20. The molecule has 0 saturated carbocycles. The molecule has 0 radical (unpaired) electrons. The Morgan fingerprint density at radius 3 is 2.44 bits per heavy atom. The summed E-state index contributed by atoms with van der Waals surface area (Å²) in [5.74, 6) is -0.921. The number of carbonyl (C=O) groups is 3. The van der Waals surface area contributed by atoms with E-state index in [0.29, 0.717) is 29.2 Å². The summed E-state index contributed by atoms with van der Waals surface area (Å²) in [6.07, 6.45) is 0. The van der Waals surface area contributed by atoms with Gasteiger partial charge in [0.2, 0.25) is 0 Å². The van der Waals surface area contributed by atoms with E-state index in [1.165, 1.54) is 13.0 Å². The number of Topliss-reactive ketones (excluding diaryl/α,β-unsaturated/α-hetero) is 1. The van der Waals surface area contributed by atoms with Crippen LogP contribution in [0.15, 0.2) is 36.4 Å². The molecule has 0 aromatic heterocycles. The number of carbonyl (C=O) groups excluding carboxylic acids is 3. The zero-order valence-electron chi connectivity index (χ0n) is 14.4. The number of nitrogens with one attached hydrogen (secondary N) is 1. The van der Waals surface area contributed by atoms with Crippen molar-refractivity contribution in [1.29, 1.82) is 0 Å². The molecule has 6 nitrogen and oxygen atoms in total. The molecule has 2 aromatic carbocycles. The van der Waals surface area contributed by atoms with Crippen LogP contribution in [0.4, 0.5) is 5.69 Å². The summed E-state index contributed by atoms with van der Waals surface area (Å²) < 4.78 is 5.47. The summed E-state index contributed by atoms with van der Waals surface area (Å²) in [7, 11) is 0. The van der Waals surface area contributed by atoms with E-state index in [-0.39, 0.29) is 16.9 Å². The SMILES string of the molecule is CCOc1ccc(C(C)=O)cc1C(=O)Nc1c(C)cccc1C(N)=O. The van der Waals surface area contributed by atoms with Gasteiger partial charge in [0.05, 0.1) is 23.4 Å². The van der Waals surface area contributed by atoms with E-state index >= 15 is 0 Å². The number of anilines is 1. The van der Waals surface area contributed by atoms with Gasteiger partial charge in [0.15, 0.2) is 5.78 Å². The molecule has 0 aliphatic carbocycles. The van der Waals surface area contributed by atoms with Crippen molar-refractivity contribution in [2.45, 2.75) is 20.8 Å². The molecule has 0 fully saturated rings. The zero-order chi connectivity index (χ0) is 18.6. The van der Waals surface area contributed by atoms with Crippen molar-refractivity contribution >= 4 is 23.3 Å². The average molecular weight is 340 g/mol. The second-order valence-corrected chi connectivity index (χ2v) is 5.52. The number of rotatable bonds is 6. The molecule has 0 heterocycles. The van der Waals surface area contributed by atoms with E-state index in [2.05, 4.69) is 5.32 Å². The van der Waals surface area contributed by atoms with Crippen LogP contribution < -0.4 is 15.8 Å². The first-order chi connectivity index (χ1) is 11.8. The van der Waals surface area contributed by atoms with Crippen LogP contribution in [0.5, 0.6) is 5.75 Å². The van der Waals surface area contributed by atoms with Gasteiger partial charge < -0.3 is 15.8 Å². The van der Waals surface area contributed by atoms with Crippen LogP contribution in [-0.4, -0.2) is 24.2 Å². The molecule has 0 unspecified atom stereocenters. The topological polar surface area (TPSA) is 98.5 Å². The van der Waals surface area contributed by atoms with Gasteiger partial charge in [0.25, 0.3) is 11.8 Å². The maximum Gasteiger partial charge on any atom is 0.259 e. The van der Waals surface area contributed by atoms with Gasteiger partial charge in [0.1, 0.15) is 5.75 Å². The molecule has 2 rings (SSSR count). The van der Waals surface area contributed by atoms with Crippen molar-refractivity contribution in [3.63, 3.8) is 0 Å². The maximum atomic E-state index is 12.8. The Kier molecular flexibility index (Phi) is 5.54. The van der Waals surface area contributed by atoms with E-state index in [9.17, 15) is 14.4 Å². The second kappa shape index (κ2) is 7.61. The van der Waals surface area contributed by atoms with Crippen LogP contribution >= 0.6 is 0 Å². The van der Waals surface area contributed by atoms with Crippen LogP contribution in [0.3, 0.4) is 0 Å². The highest BCUT2D eigenvalue weighted by Crippen LogP contribution is 2.25. The van der Waals surface area contributed by atoms with Crippen LogP contribution in [0, 0.1) is 6.92 Å². The number of nitrogens with two attached hydrogens (primary N) is 1. The second-order valence-electron chi connectivity index (χ2n) is 5.52. The lowest BCUT2D eigenvalue weighted by molar-refractivity contribution is 0.0996. The monoisotopic (exact) mass is 340 g/mol. The predicted octanol–water partition coefficient (Wildman–Crippen LogP) is 2.95. The van der Waals surface area contributed by atoms with Gasteiger partial charge in [-0.15, -0.1) is 0 Å². The van der Waals surface area contributed by atoms with Crippen LogP contribution in [0.2, 0.25) is 0 Å². The Labute approximate surface area is 146 Å². The van der Waals surface area contributed by atoms with E-state index < -0.39 is 11.8 Å². The van der Waals surface area contributed by atoms with Gasteiger partial charge in [-0.2, -0.15) is 0 Å². The van der Waals surface area contributed by atoms with Crippen LogP contribution in [-0.2, 0) is 0 Å². The van der Waals surface area contributed by atoms with Gasteiger partial charge in [-0.25, -0.2) is 0 Å². The average Bonchev–Trinajstić information content (AvgIpc) is 2.56. The summed E-state index contributed by atoms with van der Waals surface area (Å²) in [6, 6.07) is 9.66. The van der Waals surface area contributed by atoms with E-state index in [1.54, 1.807) is 44.2 Å². The number of primary amides is 1. The third kappa shape index (κ3) is 4.03. The number of hydrogen-bond acceptors (Lipinski definition) is 4. The van der Waals surface area contributed by atoms with Gasteiger partial charge in [-0.1, -0.05) is 12.1 Å². The van der Waals surface area contributed by atoms with Crippen LogP contribution in [0.25, 0.3) is 0 Å². The highest BCUT2D eigenvalue weighted by molar-refractivity contribution is 6.11. The minimum atomic E-state index is -0.637. The Bertz CT molecular complexity index is 843. The van der Waals surface area contributed by atoms with Crippen molar-refractivity contribution in [3.8, 4) is 5.75 Å². The summed E-state index contributed by atoms with van der Waals surface area (Å²) in [6.45, 7) is 5.35. The first-order valence-corrected chi connectivity index (χ1v) is 7.83. The summed E-state index contributed by atoms with van der Waals surface area (Å²) in [4.78, 5) is 36.0. The first kappa shape index (κ1) is 18.2. The largest absolute Gasteiger partial charge is 0.493 e. The smallest absolute Gasteiger partial charge is 0.259 e. The fraction of sp³-hybridized carbons (Fsp3) is 0.211. The summed E-state index contributed by atoms with van der Waals surface area (Å²) >= 11 is 0. The Hall–Kier alpha value is -3.15. The molecule has 2 aromatic rings. The third-order valence-electron chi connectivity index (χ3n) is 3.71. The van der Waals surface area contributed by atoms with Gasteiger partial charge in [0, 0.05) is 5.56 Å². The molecule has 130 valence electrons. The van der Waals surface area contributed by atoms with E-state index in [0.717, 1.165) is 0 Å². The van der Waals surface area contributed by atoms with Crippen molar-refractivity contribution in [1.82, 2.24) is 0 Å². The number of hydrogen-bond donors (Lipinski definition) is 2. The predicted molar refractivity (Wildman–Crippen MR) is 95.3 cm³/mol. The summed E-state index contributed by atoms with van der Waals surface area (Å²) in [5.41, 5.74) is 7.25. The molecule has 3 N–H and O–H groups in total. The minimum Gasteiger partial charge on any atom is -0.493 e. The molecule has 0 atom stereocenters. The third-order valence-corrected chi connectivity index (χ3v) is 3.71. The lowest BCUT2D eigenvalue weighted by Gasteiger charge is -2.15. The quantitative estimate of drug-likeness (QED) is 0.790. The number of benzene rings is 2. The molecular formula is C19H20N2O4. The van der Waals surface area contributed by atoms with Gasteiger partial charge in [-0.05, 0) is 50.6 Å². The van der Waals surface area contributed by atoms with Gasteiger partial charge in [-0.3, -0.25) is 14.4 Å². The molecular weight excluding hydrogens is 320 g/mol. The first-order valence-electron chi connectivity index (χ1n) is 7.83. The lowest BCUT2D eigenvalue weighted by atomic mass is 10.0. The minimum absolute atomic E-state index is 0.161. The fourth-order valence-corrected chi connectivity index (χ4v) is 2.43. The number of ether oxygens (including phenoxy) is 1. The molecule has 0 aliphatic heterocycles. The molecule has 0 aliphatic rings. The fourth-order valence-electron chi connectivity index (χ4n) is 2.43. The molecule has 0 saturated heterocycles. The van der Waals surface area contributed by atoms with E-state index in [4.69, 9.17) is 10.5 Å². The molecule has 0 spiro atoms. The van der Waals surface area contributed by atoms with Crippen LogP contribution in [0.1, 0.15) is 50.5 Å².